The SMILES string of the molecule is Cc1ncc2c(c1CNC(=O)c1ccc([C@H]3CCCO3)s1)CCNC2. The molecule has 5 nitrogen and oxygen atoms in total. The Hall–Kier alpha value is -1.76. The van der Waals surface area contributed by atoms with Gasteiger partial charge in [0, 0.05) is 36.5 Å². The van der Waals surface area contributed by atoms with Crippen LogP contribution in [-0.2, 0) is 24.2 Å². The first-order chi connectivity index (χ1) is 12.2. The fourth-order valence-corrected chi connectivity index (χ4v) is 4.59. The van der Waals surface area contributed by atoms with Crippen LogP contribution in [-0.4, -0.2) is 24.0 Å². The lowest BCUT2D eigenvalue weighted by Crippen LogP contribution is -2.28. The fourth-order valence-electron chi connectivity index (χ4n) is 3.58. The molecule has 0 saturated carbocycles. The summed E-state index contributed by atoms with van der Waals surface area (Å²) in [6.45, 7) is 5.22. The van der Waals surface area contributed by atoms with Crippen LogP contribution in [0.2, 0.25) is 0 Å². The smallest absolute Gasteiger partial charge is 0.261 e. The molecule has 4 heterocycles. The minimum atomic E-state index is -0.0137. The van der Waals surface area contributed by atoms with Gasteiger partial charge >= 0.3 is 0 Å². The van der Waals surface area contributed by atoms with Crippen molar-refractivity contribution in [3.05, 3.63) is 50.5 Å². The zero-order valence-corrected chi connectivity index (χ0v) is 15.2. The predicted molar refractivity (Wildman–Crippen MR) is 97.8 cm³/mol. The van der Waals surface area contributed by atoms with Crippen molar-refractivity contribution in [2.45, 2.75) is 45.4 Å². The minimum absolute atomic E-state index is 0.0137. The number of ether oxygens (including phenoxy) is 1. The van der Waals surface area contributed by atoms with Gasteiger partial charge in [-0.1, -0.05) is 0 Å². The molecule has 0 aromatic carbocycles. The monoisotopic (exact) mass is 357 g/mol. The molecule has 1 saturated heterocycles. The van der Waals surface area contributed by atoms with Crippen LogP contribution in [0.1, 0.15) is 55.9 Å². The van der Waals surface area contributed by atoms with Gasteiger partial charge in [-0.05, 0) is 61.6 Å². The lowest BCUT2D eigenvalue weighted by Gasteiger charge is -2.21. The first-order valence-electron chi connectivity index (χ1n) is 8.89. The van der Waals surface area contributed by atoms with E-state index in [-0.39, 0.29) is 12.0 Å². The Morgan fingerprint density at radius 2 is 2.40 bits per heavy atom. The van der Waals surface area contributed by atoms with Crippen molar-refractivity contribution in [3.63, 3.8) is 0 Å². The van der Waals surface area contributed by atoms with E-state index in [4.69, 9.17) is 4.74 Å². The second kappa shape index (κ2) is 7.23. The van der Waals surface area contributed by atoms with E-state index < -0.39 is 0 Å². The zero-order valence-electron chi connectivity index (χ0n) is 14.4. The summed E-state index contributed by atoms with van der Waals surface area (Å²) in [6, 6.07) is 3.94. The second-order valence-electron chi connectivity index (χ2n) is 6.64. The first kappa shape index (κ1) is 16.7. The topological polar surface area (TPSA) is 63.2 Å². The molecule has 2 N–H and O–H groups in total. The molecule has 0 bridgehead atoms. The van der Waals surface area contributed by atoms with Crippen molar-refractivity contribution in [3.8, 4) is 0 Å². The fraction of sp³-hybridized carbons (Fsp3) is 0.474. The summed E-state index contributed by atoms with van der Waals surface area (Å²) in [7, 11) is 0. The molecular weight excluding hydrogens is 334 g/mol. The van der Waals surface area contributed by atoms with E-state index >= 15 is 0 Å². The third-order valence-electron chi connectivity index (χ3n) is 4.99. The molecule has 0 radical (unpaired) electrons. The number of amides is 1. The molecule has 2 aromatic rings. The van der Waals surface area contributed by atoms with Crippen LogP contribution in [0, 0.1) is 6.92 Å². The average Bonchev–Trinajstić information content (AvgIpc) is 3.32. The number of hydrogen-bond donors (Lipinski definition) is 2. The van der Waals surface area contributed by atoms with Gasteiger partial charge in [0.1, 0.15) is 0 Å². The molecule has 0 aliphatic carbocycles. The van der Waals surface area contributed by atoms with Crippen LogP contribution < -0.4 is 10.6 Å². The quantitative estimate of drug-likeness (QED) is 0.883. The lowest BCUT2D eigenvalue weighted by molar-refractivity contribution is 0.0955. The number of nitrogens with zero attached hydrogens (tertiary/aromatic N) is 1. The number of aromatic nitrogens is 1. The van der Waals surface area contributed by atoms with Gasteiger partial charge in [-0.25, -0.2) is 0 Å². The Balaban J connectivity index is 1.45. The maximum atomic E-state index is 12.6. The summed E-state index contributed by atoms with van der Waals surface area (Å²) >= 11 is 1.54. The summed E-state index contributed by atoms with van der Waals surface area (Å²) < 4.78 is 5.70. The molecule has 2 aliphatic rings. The highest BCUT2D eigenvalue weighted by Crippen LogP contribution is 2.33. The third kappa shape index (κ3) is 3.47. The van der Waals surface area contributed by atoms with Crippen molar-refractivity contribution in [2.24, 2.45) is 0 Å². The summed E-state index contributed by atoms with van der Waals surface area (Å²) in [4.78, 5) is 19.0. The first-order valence-corrected chi connectivity index (χ1v) is 9.70. The number of carbonyl (C=O) groups is 1. The lowest BCUT2D eigenvalue weighted by atomic mass is 9.96. The van der Waals surface area contributed by atoms with Crippen LogP contribution in [0.15, 0.2) is 18.3 Å². The molecular formula is C19H23N3O2S. The van der Waals surface area contributed by atoms with Crippen LogP contribution in [0.3, 0.4) is 0 Å². The van der Waals surface area contributed by atoms with Crippen LogP contribution in [0.5, 0.6) is 0 Å². The Morgan fingerprint density at radius 3 is 3.24 bits per heavy atom. The molecule has 2 aliphatic heterocycles. The second-order valence-corrected chi connectivity index (χ2v) is 7.75. The van der Waals surface area contributed by atoms with Gasteiger partial charge in [0.25, 0.3) is 5.91 Å². The van der Waals surface area contributed by atoms with E-state index in [1.807, 2.05) is 25.3 Å². The Labute approximate surface area is 151 Å². The van der Waals surface area contributed by atoms with E-state index in [9.17, 15) is 4.79 Å². The van der Waals surface area contributed by atoms with Crippen LogP contribution >= 0.6 is 11.3 Å². The summed E-state index contributed by atoms with van der Waals surface area (Å²) in [5, 5.41) is 6.45. The zero-order chi connectivity index (χ0) is 17.2. The number of hydrogen-bond acceptors (Lipinski definition) is 5. The Bertz CT molecular complexity index is 781. The molecule has 4 rings (SSSR count). The normalized spacial score (nSPS) is 19.6. The number of pyridine rings is 1. The van der Waals surface area contributed by atoms with Crippen molar-refractivity contribution in [1.82, 2.24) is 15.6 Å². The number of carbonyl (C=O) groups excluding carboxylic acids is 1. The van der Waals surface area contributed by atoms with Gasteiger partial charge in [-0.15, -0.1) is 11.3 Å². The standard InChI is InChI=1S/C19H23N3O2S/c1-12-15(14-6-7-20-9-13(14)10-21-12)11-22-19(23)18-5-4-17(25-18)16-3-2-8-24-16/h4-5,10,16,20H,2-3,6-9,11H2,1H3,(H,22,23)/t16-/m1/s1. The van der Waals surface area contributed by atoms with Crippen molar-refractivity contribution >= 4 is 17.2 Å². The summed E-state index contributed by atoms with van der Waals surface area (Å²) in [6.07, 6.45) is 5.27. The number of thiophene rings is 1. The van der Waals surface area contributed by atoms with E-state index in [1.54, 1.807) is 11.3 Å². The highest BCUT2D eigenvalue weighted by atomic mass is 32.1. The summed E-state index contributed by atoms with van der Waals surface area (Å²) in [5.41, 5.74) is 4.77. The number of aryl methyl sites for hydroxylation is 1. The van der Waals surface area contributed by atoms with Crippen LogP contribution in [0.25, 0.3) is 0 Å². The highest BCUT2D eigenvalue weighted by molar-refractivity contribution is 7.14. The van der Waals surface area contributed by atoms with Crippen LogP contribution in [0.4, 0.5) is 0 Å². The maximum absolute atomic E-state index is 12.6. The molecule has 0 unspecified atom stereocenters. The number of rotatable bonds is 4. The molecule has 0 spiro atoms. The number of fused-ring (bicyclic) bond motifs is 1. The molecule has 1 atom stereocenters. The van der Waals surface area contributed by atoms with E-state index in [2.05, 4.69) is 15.6 Å². The Kier molecular flexibility index (Phi) is 4.83. The minimum Gasteiger partial charge on any atom is -0.373 e. The Morgan fingerprint density at radius 1 is 1.48 bits per heavy atom. The average molecular weight is 357 g/mol. The third-order valence-corrected chi connectivity index (χ3v) is 6.17. The number of nitrogens with one attached hydrogen (secondary N) is 2. The van der Waals surface area contributed by atoms with Crippen molar-refractivity contribution in [2.75, 3.05) is 13.2 Å². The highest BCUT2D eigenvalue weighted by Gasteiger charge is 2.21. The van der Waals surface area contributed by atoms with Crippen molar-refractivity contribution in [1.29, 1.82) is 0 Å². The molecule has 2 aromatic heterocycles. The molecule has 1 fully saturated rings. The summed E-state index contributed by atoms with van der Waals surface area (Å²) in [5.74, 6) is -0.0137. The maximum Gasteiger partial charge on any atom is 0.261 e. The largest absolute Gasteiger partial charge is 0.373 e. The van der Waals surface area contributed by atoms with Gasteiger partial charge < -0.3 is 15.4 Å². The molecule has 6 heteroatoms. The molecule has 25 heavy (non-hydrogen) atoms. The van der Waals surface area contributed by atoms with E-state index in [0.717, 1.165) is 54.4 Å². The molecule has 1 amide bonds. The predicted octanol–water partition coefficient (Wildman–Crippen LogP) is 2.88. The van der Waals surface area contributed by atoms with E-state index in [1.165, 1.54) is 16.7 Å². The van der Waals surface area contributed by atoms with E-state index in [0.29, 0.717) is 6.54 Å². The van der Waals surface area contributed by atoms with Gasteiger partial charge in [-0.3, -0.25) is 9.78 Å². The van der Waals surface area contributed by atoms with Crippen molar-refractivity contribution < 1.29 is 9.53 Å². The van der Waals surface area contributed by atoms with Gasteiger partial charge in [0.15, 0.2) is 0 Å². The molecule has 132 valence electrons. The van der Waals surface area contributed by atoms with Gasteiger partial charge in [0.2, 0.25) is 0 Å². The van der Waals surface area contributed by atoms with Gasteiger partial charge in [-0.2, -0.15) is 0 Å². The van der Waals surface area contributed by atoms with Gasteiger partial charge in [0.05, 0.1) is 11.0 Å².